The summed E-state index contributed by atoms with van der Waals surface area (Å²) in [5.74, 6) is 0.163. The van der Waals surface area contributed by atoms with Gasteiger partial charge in [0.05, 0.1) is 16.3 Å². The maximum absolute atomic E-state index is 10.7. The number of rotatable bonds is 5. The van der Waals surface area contributed by atoms with E-state index in [0.29, 0.717) is 22.1 Å². The van der Waals surface area contributed by atoms with Crippen molar-refractivity contribution >= 4 is 27.9 Å². The molecule has 3 aromatic rings. The number of nitro groups is 1. The second-order valence-electron chi connectivity index (χ2n) is 5.17. The number of thiazole rings is 1. The number of aromatic hydroxyl groups is 1. The number of phenolic OH excluding ortho intramolecular Hbond substituents is 1. The van der Waals surface area contributed by atoms with Crippen LogP contribution in [0.15, 0.2) is 59.0 Å². The summed E-state index contributed by atoms with van der Waals surface area (Å²) in [7, 11) is 0. The van der Waals surface area contributed by atoms with Gasteiger partial charge in [-0.1, -0.05) is 12.1 Å². The fourth-order valence-electron chi connectivity index (χ4n) is 2.18. The Morgan fingerprint density at radius 1 is 1.24 bits per heavy atom. The average molecular weight is 354 g/mol. The lowest BCUT2D eigenvalue weighted by Gasteiger charge is -2.03. The molecule has 0 saturated carbocycles. The van der Waals surface area contributed by atoms with E-state index in [1.807, 2.05) is 11.4 Å². The van der Waals surface area contributed by atoms with E-state index in [1.54, 1.807) is 37.3 Å². The summed E-state index contributed by atoms with van der Waals surface area (Å²) in [6.07, 6.45) is 0. The van der Waals surface area contributed by atoms with Crippen molar-refractivity contribution in [2.75, 3.05) is 5.43 Å². The molecular weight excluding hydrogens is 340 g/mol. The molecule has 0 aliphatic rings. The molecule has 2 aromatic carbocycles. The van der Waals surface area contributed by atoms with Gasteiger partial charge in [0.2, 0.25) is 5.13 Å². The molecule has 0 unspecified atom stereocenters. The molecule has 0 aliphatic carbocycles. The Labute approximate surface area is 147 Å². The third-order valence-electron chi connectivity index (χ3n) is 3.49. The third kappa shape index (κ3) is 3.81. The van der Waals surface area contributed by atoms with Crippen molar-refractivity contribution in [2.45, 2.75) is 6.92 Å². The number of phenols is 1. The van der Waals surface area contributed by atoms with Gasteiger partial charge >= 0.3 is 0 Å². The molecule has 0 fully saturated rings. The van der Waals surface area contributed by atoms with E-state index in [-0.39, 0.29) is 11.4 Å². The quantitative estimate of drug-likeness (QED) is 0.405. The van der Waals surface area contributed by atoms with Crippen molar-refractivity contribution in [2.24, 2.45) is 5.10 Å². The van der Waals surface area contributed by atoms with E-state index in [4.69, 9.17) is 0 Å². The van der Waals surface area contributed by atoms with Crippen LogP contribution in [0.25, 0.3) is 11.3 Å². The molecule has 0 aliphatic heterocycles. The maximum Gasteiger partial charge on any atom is 0.269 e. The van der Waals surface area contributed by atoms with Gasteiger partial charge in [-0.2, -0.15) is 5.10 Å². The minimum atomic E-state index is -0.436. The Hall–Kier alpha value is -3.26. The van der Waals surface area contributed by atoms with Crippen molar-refractivity contribution in [3.05, 3.63) is 69.6 Å². The second-order valence-corrected chi connectivity index (χ2v) is 6.03. The zero-order chi connectivity index (χ0) is 17.8. The van der Waals surface area contributed by atoms with Crippen molar-refractivity contribution in [1.82, 2.24) is 4.98 Å². The van der Waals surface area contributed by atoms with E-state index in [2.05, 4.69) is 15.5 Å². The molecule has 126 valence electrons. The summed E-state index contributed by atoms with van der Waals surface area (Å²) in [5, 5.41) is 27.2. The normalized spacial score (nSPS) is 11.3. The van der Waals surface area contributed by atoms with Crippen LogP contribution in [0.3, 0.4) is 0 Å². The number of nitrogens with zero attached hydrogens (tertiary/aromatic N) is 3. The second kappa shape index (κ2) is 7.10. The average Bonchev–Trinajstić information content (AvgIpc) is 3.09. The zero-order valence-electron chi connectivity index (χ0n) is 13.2. The molecule has 0 radical (unpaired) electrons. The fraction of sp³-hybridized carbons (Fsp3) is 0.0588. The van der Waals surface area contributed by atoms with Gasteiger partial charge in [0.15, 0.2) is 0 Å². The Bertz CT molecular complexity index is 935. The Kier molecular flexibility index (Phi) is 4.71. The molecule has 0 bridgehead atoms. The van der Waals surface area contributed by atoms with Gasteiger partial charge in [-0.05, 0) is 31.2 Å². The summed E-state index contributed by atoms with van der Waals surface area (Å²) in [5.41, 5.74) is 5.67. The van der Waals surface area contributed by atoms with Crippen LogP contribution in [0, 0.1) is 10.1 Å². The minimum Gasteiger partial charge on any atom is -0.507 e. The first-order valence-corrected chi connectivity index (χ1v) is 8.21. The number of nitro benzene ring substituents is 1. The Morgan fingerprint density at radius 3 is 2.64 bits per heavy atom. The lowest BCUT2D eigenvalue weighted by Crippen LogP contribution is -1.99. The number of aromatic nitrogens is 1. The zero-order valence-corrected chi connectivity index (χ0v) is 14.0. The van der Waals surface area contributed by atoms with Gasteiger partial charge in [-0.25, -0.2) is 4.98 Å². The van der Waals surface area contributed by atoms with E-state index in [1.165, 1.54) is 23.5 Å². The topological polar surface area (TPSA) is 101 Å². The molecule has 1 heterocycles. The number of anilines is 1. The monoisotopic (exact) mass is 354 g/mol. The third-order valence-corrected chi connectivity index (χ3v) is 4.24. The van der Waals surface area contributed by atoms with Crippen LogP contribution in [0.4, 0.5) is 10.8 Å². The van der Waals surface area contributed by atoms with Gasteiger partial charge in [-0.3, -0.25) is 15.5 Å². The van der Waals surface area contributed by atoms with Crippen molar-refractivity contribution in [1.29, 1.82) is 0 Å². The minimum absolute atomic E-state index is 0.0419. The van der Waals surface area contributed by atoms with Crippen molar-refractivity contribution < 1.29 is 10.0 Å². The Balaban J connectivity index is 1.74. The molecule has 0 spiro atoms. The van der Waals surface area contributed by atoms with Crippen molar-refractivity contribution in [3.63, 3.8) is 0 Å². The van der Waals surface area contributed by atoms with Crippen LogP contribution in [0.5, 0.6) is 5.75 Å². The van der Waals surface area contributed by atoms with E-state index < -0.39 is 4.92 Å². The van der Waals surface area contributed by atoms with Crippen LogP contribution in [0.2, 0.25) is 0 Å². The molecule has 8 heteroatoms. The van der Waals surface area contributed by atoms with E-state index in [9.17, 15) is 15.2 Å². The highest BCUT2D eigenvalue weighted by atomic mass is 32.1. The number of hydrazone groups is 1. The number of nitrogens with one attached hydrogen (secondary N) is 1. The number of para-hydroxylation sites is 1. The SMILES string of the molecule is CC(=NNc1nc(-c2ccc([N+](=O)[O-])cc2)cs1)c1ccccc1O. The molecule has 1 aromatic heterocycles. The summed E-state index contributed by atoms with van der Waals surface area (Å²) >= 11 is 1.37. The molecule has 25 heavy (non-hydrogen) atoms. The van der Waals surface area contributed by atoms with Gasteiger partial charge in [0.25, 0.3) is 5.69 Å². The molecule has 0 amide bonds. The largest absolute Gasteiger partial charge is 0.507 e. The molecule has 3 rings (SSSR count). The van der Waals surface area contributed by atoms with E-state index >= 15 is 0 Å². The van der Waals surface area contributed by atoms with Gasteiger partial charge < -0.3 is 5.11 Å². The highest BCUT2D eigenvalue weighted by Crippen LogP contribution is 2.26. The number of non-ortho nitro benzene ring substituents is 1. The summed E-state index contributed by atoms with van der Waals surface area (Å²) in [6.45, 7) is 1.78. The molecular formula is C17H14N4O3S. The van der Waals surface area contributed by atoms with Gasteiger partial charge in [-0.15, -0.1) is 11.3 Å². The first-order chi connectivity index (χ1) is 12.0. The standard InChI is InChI=1S/C17H14N4O3S/c1-11(14-4-2-3-5-16(14)22)19-20-17-18-15(10-25-17)12-6-8-13(9-7-12)21(23)24/h2-10,22H,1H3,(H,18,20). The van der Waals surface area contributed by atoms with Crippen molar-refractivity contribution in [3.8, 4) is 17.0 Å². The van der Waals surface area contributed by atoms with Crippen LogP contribution in [-0.4, -0.2) is 20.7 Å². The summed E-state index contributed by atoms with van der Waals surface area (Å²) in [4.78, 5) is 14.7. The highest BCUT2D eigenvalue weighted by Gasteiger charge is 2.08. The smallest absolute Gasteiger partial charge is 0.269 e. The predicted octanol–water partition coefficient (Wildman–Crippen LogP) is 4.26. The number of hydrogen-bond donors (Lipinski definition) is 2. The lowest BCUT2D eigenvalue weighted by atomic mass is 10.1. The molecule has 0 saturated heterocycles. The molecule has 0 atom stereocenters. The van der Waals surface area contributed by atoms with Crippen LogP contribution >= 0.6 is 11.3 Å². The number of benzene rings is 2. The van der Waals surface area contributed by atoms with Gasteiger partial charge in [0, 0.05) is 28.6 Å². The predicted molar refractivity (Wildman–Crippen MR) is 98.1 cm³/mol. The molecule has 7 nitrogen and oxygen atoms in total. The first-order valence-electron chi connectivity index (χ1n) is 7.33. The first kappa shape index (κ1) is 16.6. The molecule has 2 N–H and O–H groups in total. The lowest BCUT2D eigenvalue weighted by molar-refractivity contribution is -0.384. The number of hydrogen-bond acceptors (Lipinski definition) is 7. The Morgan fingerprint density at radius 2 is 1.96 bits per heavy atom. The fourth-order valence-corrected chi connectivity index (χ4v) is 2.84. The maximum atomic E-state index is 10.7. The van der Waals surface area contributed by atoms with Gasteiger partial charge in [0.1, 0.15) is 5.75 Å². The summed E-state index contributed by atoms with van der Waals surface area (Å²) in [6, 6.07) is 13.2. The summed E-state index contributed by atoms with van der Waals surface area (Å²) < 4.78 is 0. The highest BCUT2D eigenvalue weighted by molar-refractivity contribution is 7.14. The van der Waals surface area contributed by atoms with E-state index in [0.717, 1.165) is 5.56 Å². The van der Waals surface area contributed by atoms with Crippen LogP contribution < -0.4 is 5.43 Å². The van der Waals surface area contributed by atoms with Crippen LogP contribution in [0.1, 0.15) is 12.5 Å². The van der Waals surface area contributed by atoms with Crippen LogP contribution in [-0.2, 0) is 0 Å².